The largest absolute Gasteiger partial charge is 0.348 e. The highest BCUT2D eigenvalue weighted by atomic mass is 16.1. The molecule has 1 aliphatic rings. The molecule has 1 N–H and O–H groups in total. The monoisotopic (exact) mass is 347 g/mol. The van der Waals surface area contributed by atoms with Crippen molar-refractivity contribution in [3.05, 3.63) is 66.7 Å². The van der Waals surface area contributed by atoms with E-state index in [2.05, 4.69) is 39.6 Å². The molecule has 0 aliphatic carbocycles. The molecule has 1 atom stereocenters. The van der Waals surface area contributed by atoms with Crippen LogP contribution in [-0.4, -0.2) is 51.8 Å². The van der Waals surface area contributed by atoms with Gasteiger partial charge in [-0.15, -0.1) is 10.2 Å². The third-order valence-corrected chi connectivity index (χ3v) is 4.77. The van der Waals surface area contributed by atoms with Crippen LogP contribution in [0.15, 0.2) is 61.2 Å². The van der Waals surface area contributed by atoms with Crippen molar-refractivity contribution in [2.75, 3.05) is 20.1 Å². The summed E-state index contributed by atoms with van der Waals surface area (Å²) in [7, 11) is 2.08. The fourth-order valence-corrected chi connectivity index (χ4v) is 3.32. The molecular weight excluding hydrogens is 326 g/mol. The maximum atomic E-state index is 12.4. The van der Waals surface area contributed by atoms with Gasteiger partial charge in [0.2, 0.25) is 0 Å². The number of likely N-dealkylation sites (N-methyl/N-ethyl adjacent to an activating group) is 1. The van der Waals surface area contributed by atoms with Crippen molar-refractivity contribution >= 4 is 5.91 Å². The van der Waals surface area contributed by atoms with Crippen molar-refractivity contribution in [2.45, 2.75) is 12.5 Å². The molecule has 0 unspecified atom stereocenters. The van der Waals surface area contributed by atoms with Crippen molar-refractivity contribution in [1.82, 2.24) is 25.0 Å². The third kappa shape index (κ3) is 3.50. The van der Waals surface area contributed by atoms with E-state index in [1.54, 1.807) is 12.7 Å². The highest BCUT2D eigenvalue weighted by Gasteiger charge is 2.21. The molecule has 2 heterocycles. The van der Waals surface area contributed by atoms with E-state index in [-0.39, 0.29) is 11.9 Å². The Morgan fingerprint density at radius 2 is 1.85 bits per heavy atom. The smallest absolute Gasteiger partial charge is 0.251 e. The predicted molar refractivity (Wildman–Crippen MR) is 100 cm³/mol. The van der Waals surface area contributed by atoms with E-state index in [1.165, 1.54) is 0 Å². The summed E-state index contributed by atoms with van der Waals surface area (Å²) in [6.45, 7) is 1.95. The molecule has 132 valence electrons. The first-order chi connectivity index (χ1) is 12.7. The standard InChI is InChI=1S/C20H21N5O/c1-24-10-9-18(12-24)23-20(26)16-7-5-15(6-8-16)17-3-2-4-19(11-17)25-13-21-22-14-25/h2-8,11,13-14,18H,9-10,12H2,1H3,(H,23,26)/t18-/m0/s1. The second-order valence-electron chi connectivity index (χ2n) is 6.72. The first kappa shape index (κ1) is 16.5. The van der Waals surface area contributed by atoms with Gasteiger partial charge in [0.05, 0.1) is 0 Å². The number of hydrogen-bond donors (Lipinski definition) is 1. The van der Waals surface area contributed by atoms with Gasteiger partial charge < -0.3 is 10.2 Å². The molecule has 0 saturated carbocycles. The minimum Gasteiger partial charge on any atom is -0.348 e. The summed E-state index contributed by atoms with van der Waals surface area (Å²) in [5.74, 6) is -0.00455. The first-order valence-electron chi connectivity index (χ1n) is 8.74. The summed E-state index contributed by atoms with van der Waals surface area (Å²) in [4.78, 5) is 14.7. The molecule has 0 radical (unpaired) electrons. The Balaban J connectivity index is 1.49. The second kappa shape index (κ2) is 7.09. The average molecular weight is 347 g/mol. The summed E-state index contributed by atoms with van der Waals surface area (Å²) in [5.41, 5.74) is 3.84. The Labute approximate surface area is 152 Å². The number of likely N-dealkylation sites (tertiary alicyclic amines) is 1. The van der Waals surface area contributed by atoms with Gasteiger partial charge in [0.15, 0.2) is 0 Å². The summed E-state index contributed by atoms with van der Waals surface area (Å²) in [6.07, 6.45) is 4.36. The number of hydrogen-bond acceptors (Lipinski definition) is 4. The molecule has 0 spiro atoms. The number of rotatable bonds is 4. The van der Waals surface area contributed by atoms with Crippen molar-refractivity contribution < 1.29 is 4.79 Å². The molecule has 1 saturated heterocycles. The normalized spacial score (nSPS) is 17.3. The number of benzene rings is 2. The summed E-state index contributed by atoms with van der Waals surface area (Å²) in [5, 5.41) is 10.8. The fourth-order valence-electron chi connectivity index (χ4n) is 3.32. The van der Waals surface area contributed by atoms with Gasteiger partial charge in [-0.1, -0.05) is 24.3 Å². The highest BCUT2D eigenvalue weighted by molar-refractivity contribution is 5.95. The van der Waals surface area contributed by atoms with Gasteiger partial charge in [0.25, 0.3) is 5.91 Å². The Morgan fingerprint density at radius 1 is 1.08 bits per heavy atom. The van der Waals surface area contributed by atoms with Crippen LogP contribution < -0.4 is 5.32 Å². The Hall–Kier alpha value is -2.99. The van der Waals surface area contributed by atoms with Crippen molar-refractivity contribution in [3.63, 3.8) is 0 Å². The lowest BCUT2D eigenvalue weighted by Gasteiger charge is -2.13. The van der Waals surface area contributed by atoms with Gasteiger partial charge in [-0.2, -0.15) is 0 Å². The lowest BCUT2D eigenvalue weighted by atomic mass is 10.0. The summed E-state index contributed by atoms with van der Waals surface area (Å²) < 4.78 is 1.87. The van der Waals surface area contributed by atoms with Crippen molar-refractivity contribution in [1.29, 1.82) is 0 Å². The minimum atomic E-state index is -0.00455. The molecule has 3 aromatic rings. The SMILES string of the molecule is CN1CC[C@H](NC(=O)c2ccc(-c3cccc(-n4cnnc4)c3)cc2)C1. The highest BCUT2D eigenvalue weighted by Crippen LogP contribution is 2.22. The Morgan fingerprint density at radius 3 is 2.54 bits per heavy atom. The van der Waals surface area contributed by atoms with Crippen LogP contribution in [-0.2, 0) is 0 Å². The van der Waals surface area contributed by atoms with Gasteiger partial charge >= 0.3 is 0 Å². The number of aromatic nitrogens is 3. The van der Waals surface area contributed by atoms with Gasteiger partial charge in [0.1, 0.15) is 12.7 Å². The van der Waals surface area contributed by atoms with E-state index in [0.29, 0.717) is 5.56 Å². The minimum absolute atomic E-state index is 0.00455. The molecule has 1 aliphatic heterocycles. The second-order valence-corrected chi connectivity index (χ2v) is 6.72. The quantitative estimate of drug-likeness (QED) is 0.787. The van der Waals surface area contributed by atoms with E-state index < -0.39 is 0 Å². The van der Waals surface area contributed by atoms with E-state index in [1.807, 2.05) is 41.0 Å². The van der Waals surface area contributed by atoms with E-state index in [0.717, 1.165) is 36.3 Å². The van der Waals surface area contributed by atoms with Gasteiger partial charge in [-0.3, -0.25) is 9.36 Å². The fraction of sp³-hybridized carbons (Fsp3) is 0.250. The molecule has 6 nitrogen and oxygen atoms in total. The first-order valence-corrected chi connectivity index (χ1v) is 8.74. The van der Waals surface area contributed by atoms with Crippen LogP contribution in [0, 0.1) is 0 Å². The van der Waals surface area contributed by atoms with Crippen LogP contribution in [0.5, 0.6) is 0 Å². The maximum Gasteiger partial charge on any atom is 0.251 e. The lowest BCUT2D eigenvalue weighted by molar-refractivity contribution is 0.0938. The number of amides is 1. The summed E-state index contributed by atoms with van der Waals surface area (Å²) >= 11 is 0. The zero-order valence-corrected chi connectivity index (χ0v) is 14.7. The number of nitrogens with zero attached hydrogens (tertiary/aromatic N) is 4. The van der Waals surface area contributed by atoms with Crippen LogP contribution in [0.4, 0.5) is 0 Å². The Kier molecular flexibility index (Phi) is 4.50. The molecule has 4 rings (SSSR count). The number of carbonyl (C=O) groups is 1. The Bertz CT molecular complexity index is 889. The lowest BCUT2D eigenvalue weighted by Crippen LogP contribution is -2.36. The summed E-state index contributed by atoms with van der Waals surface area (Å²) in [6, 6.07) is 16.1. The zero-order chi connectivity index (χ0) is 17.9. The van der Waals surface area contributed by atoms with Crippen LogP contribution in [0.1, 0.15) is 16.8 Å². The van der Waals surface area contributed by atoms with Gasteiger partial charge in [-0.05, 0) is 55.4 Å². The topological polar surface area (TPSA) is 63.1 Å². The molecule has 6 heteroatoms. The van der Waals surface area contributed by atoms with Crippen LogP contribution in [0.2, 0.25) is 0 Å². The maximum absolute atomic E-state index is 12.4. The molecule has 1 aromatic heterocycles. The van der Waals surface area contributed by atoms with Gasteiger partial charge in [-0.25, -0.2) is 0 Å². The predicted octanol–water partition coefficient (Wildman–Crippen LogP) is 2.37. The average Bonchev–Trinajstić information content (AvgIpc) is 3.34. The molecular formula is C20H21N5O. The number of carbonyl (C=O) groups excluding carboxylic acids is 1. The molecule has 1 amide bonds. The van der Waals surface area contributed by atoms with E-state index >= 15 is 0 Å². The number of nitrogens with one attached hydrogen (secondary N) is 1. The van der Waals surface area contributed by atoms with E-state index in [9.17, 15) is 4.79 Å². The molecule has 1 fully saturated rings. The van der Waals surface area contributed by atoms with E-state index in [4.69, 9.17) is 0 Å². The van der Waals surface area contributed by atoms with Crippen molar-refractivity contribution in [2.24, 2.45) is 0 Å². The van der Waals surface area contributed by atoms with Crippen LogP contribution in [0.3, 0.4) is 0 Å². The van der Waals surface area contributed by atoms with Gasteiger partial charge in [0, 0.05) is 23.8 Å². The molecule has 0 bridgehead atoms. The molecule has 26 heavy (non-hydrogen) atoms. The zero-order valence-electron chi connectivity index (χ0n) is 14.7. The van der Waals surface area contributed by atoms with Crippen LogP contribution in [0.25, 0.3) is 16.8 Å². The molecule has 2 aromatic carbocycles. The third-order valence-electron chi connectivity index (χ3n) is 4.77. The van der Waals surface area contributed by atoms with Crippen LogP contribution >= 0.6 is 0 Å². The van der Waals surface area contributed by atoms with Crippen molar-refractivity contribution in [3.8, 4) is 16.8 Å².